The molecule has 0 fully saturated rings. The molecule has 0 amide bonds. The fourth-order valence-corrected chi connectivity index (χ4v) is 2.37. The number of guanidine groups is 1. The van der Waals surface area contributed by atoms with Gasteiger partial charge in [-0.1, -0.05) is 18.2 Å². The summed E-state index contributed by atoms with van der Waals surface area (Å²) in [6.07, 6.45) is 1.18. The van der Waals surface area contributed by atoms with E-state index in [1.54, 1.807) is 6.92 Å². The van der Waals surface area contributed by atoms with Crippen LogP contribution in [0.5, 0.6) is 0 Å². The predicted octanol–water partition coefficient (Wildman–Crippen LogP) is 0.846. The highest BCUT2D eigenvalue weighted by Gasteiger charge is 2.09. The molecular formula is C11H17N3O2S. The molecule has 0 spiro atoms. The van der Waals surface area contributed by atoms with Crippen molar-refractivity contribution in [2.24, 2.45) is 10.7 Å². The first-order chi connectivity index (χ1) is 7.87. The molecule has 0 radical (unpaired) electrons. The van der Waals surface area contributed by atoms with E-state index in [2.05, 4.69) is 10.3 Å². The number of nitrogens with two attached hydrogens (primary N) is 1. The minimum atomic E-state index is -3.03. The standard InChI is InChI=1S/C11H17N3O2S/c1-9(8-17(2,15)16)13-11(12)14-10-6-4-3-5-7-10/h3-7,9H,8H2,1-2H3,(H3,12,13,14). The number of hydrogen-bond acceptors (Lipinski definition) is 3. The summed E-state index contributed by atoms with van der Waals surface area (Å²) >= 11 is 0. The summed E-state index contributed by atoms with van der Waals surface area (Å²) < 4.78 is 22.1. The molecule has 1 aromatic rings. The lowest BCUT2D eigenvalue weighted by Gasteiger charge is -2.08. The van der Waals surface area contributed by atoms with Gasteiger partial charge in [-0.25, -0.2) is 13.4 Å². The molecule has 17 heavy (non-hydrogen) atoms. The van der Waals surface area contributed by atoms with Gasteiger partial charge in [-0.2, -0.15) is 0 Å². The van der Waals surface area contributed by atoms with Crippen LogP contribution >= 0.6 is 0 Å². The molecule has 0 bridgehead atoms. The van der Waals surface area contributed by atoms with E-state index in [0.29, 0.717) is 0 Å². The molecule has 1 unspecified atom stereocenters. The van der Waals surface area contributed by atoms with Gasteiger partial charge in [-0.05, 0) is 19.1 Å². The Bertz CT molecular complexity index is 483. The number of para-hydroxylation sites is 1. The van der Waals surface area contributed by atoms with Gasteiger partial charge in [0, 0.05) is 11.9 Å². The number of nitrogens with one attached hydrogen (secondary N) is 1. The molecule has 3 N–H and O–H groups in total. The van der Waals surface area contributed by atoms with Crippen LogP contribution in [-0.2, 0) is 9.84 Å². The molecule has 1 atom stereocenters. The fourth-order valence-electron chi connectivity index (χ4n) is 1.41. The van der Waals surface area contributed by atoms with Gasteiger partial charge in [-0.15, -0.1) is 0 Å². The number of sulfone groups is 1. The zero-order valence-electron chi connectivity index (χ0n) is 9.92. The van der Waals surface area contributed by atoms with Gasteiger partial charge in [-0.3, -0.25) is 0 Å². The first kappa shape index (κ1) is 13.5. The van der Waals surface area contributed by atoms with Crippen LogP contribution in [0.4, 0.5) is 5.69 Å². The van der Waals surface area contributed by atoms with Crippen LogP contribution in [0.15, 0.2) is 35.3 Å². The monoisotopic (exact) mass is 255 g/mol. The first-order valence-corrected chi connectivity index (χ1v) is 7.26. The second-order valence-electron chi connectivity index (χ2n) is 3.95. The number of hydrogen-bond donors (Lipinski definition) is 2. The summed E-state index contributed by atoms with van der Waals surface area (Å²) in [5.74, 6) is 0.205. The van der Waals surface area contributed by atoms with Crippen molar-refractivity contribution in [3.63, 3.8) is 0 Å². The number of rotatable bonds is 4. The molecule has 0 aliphatic carbocycles. The van der Waals surface area contributed by atoms with Gasteiger partial charge in [0.15, 0.2) is 5.96 Å². The van der Waals surface area contributed by atoms with Crippen LogP contribution in [0.2, 0.25) is 0 Å². The van der Waals surface area contributed by atoms with E-state index in [-0.39, 0.29) is 17.8 Å². The molecule has 1 rings (SSSR count). The van der Waals surface area contributed by atoms with Gasteiger partial charge in [0.25, 0.3) is 0 Å². The van der Waals surface area contributed by atoms with Crippen molar-refractivity contribution in [3.05, 3.63) is 30.3 Å². The number of aliphatic imine (C=N–C) groups is 1. The molecule has 0 saturated heterocycles. The smallest absolute Gasteiger partial charge is 0.193 e. The third-order valence-corrected chi connectivity index (χ3v) is 3.04. The molecule has 94 valence electrons. The molecule has 0 aliphatic rings. The van der Waals surface area contributed by atoms with Crippen LogP contribution in [0, 0.1) is 0 Å². The van der Waals surface area contributed by atoms with Crippen molar-refractivity contribution >= 4 is 21.5 Å². The third-order valence-electron chi connectivity index (χ3n) is 1.95. The maximum atomic E-state index is 11.1. The maximum absolute atomic E-state index is 11.1. The lowest BCUT2D eigenvalue weighted by atomic mass is 10.3. The Balaban J connectivity index is 2.61. The number of anilines is 1. The fraction of sp³-hybridized carbons (Fsp3) is 0.364. The zero-order chi connectivity index (χ0) is 12.9. The zero-order valence-corrected chi connectivity index (χ0v) is 10.7. The van der Waals surface area contributed by atoms with Gasteiger partial charge in [0.2, 0.25) is 0 Å². The Kier molecular flexibility index (Phi) is 4.51. The average Bonchev–Trinajstić information content (AvgIpc) is 2.15. The van der Waals surface area contributed by atoms with E-state index in [9.17, 15) is 8.42 Å². The third kappa shape index (κ3) is 5.91. The maximum Gasteiger partial charge on any atom is 0.193 e. The van der Waals surface area contributed by atoms with Gasteiger partial charge in [0.05, 0.1) is 11.8 Å². The number of nitrogens with zero attached hydrogens (tertiary/aromatic N) is 1. The molecule has 0 aromatic heterocycles. The van der Waals surface area contributed by atoms with E-state index >= 15 is 0 Å². The second kappa shape index (κ2) is 5.67. The minimum absolute atomic E-state index is 0.00975. The molecule has 0 heterocycles. The minimum Gasteiger partial charge on any atom is -0.370 e. The topological polar surface area (TPSA) is 84.5 Å². The van der Waals surface area contributed by atoms with Crippen molar-refractivity contribution in [1.82, 2.24) is 0 Å². The Morgan fingerprint density at radius 3 is 2.53 bits per heavy atom. The van der Waals surface area contributed by atoms with Gasteiger partial charge >= 0.3 is 0 Å². The van der Waals surface area contributed by atoms with Crippen LogP contribution < -0.4 is 11.1 Å². The molecule has 6 heteroatoms. The summed E-state index contributed by atoms with van der Waals surface area (Å²) in [5.41, 5.74) is 6.49. The van der Waals surface area contributed by atoms with Crippen molar-refractivity contribution < 1.29 is 8.42 Å². The molecule has 0 saturated carbocycles. The largest absolute Gasteiger partial charge is 0.370 e. The summed E-state index contributed by atoms with van der Waals surface area (Å²) in [7, 11) is -3.03. The van der Waals surface area contributed by atoms with E-state index in [1.807, 2.05) is 30.3 Å². The average molecular weight is 255 g/mol. The van der Waals surface area contributed by atoms with Crippen LogP contribution in [0.1, 0.15) is 6.92 Å². The highest BCUT2D eigenvalue weighted by Crippen LogP contribution is 2.04. The number of benzene rings is 1. The van der Waals surface area contributed by atoms with Gasteiger partial charge < -0.3 is 11.1 Å². The van der Waals surface area contributed by atoms with Crippen LogP contribution in [-0.4, -0.2) is 32.4 Å². The summed E-state index contributed by atoms with van der Waals surface area (Å²) in [6, 6.07) is 8.98. The first-order valence-electron chi connectivity index (χ1n) is 5.20. The highest BCUT2D eigenvalue weighted by atomic mass is 32.2. The summed E-state index contributed by atoms with van der Waals surface area (Å²) in [5, 5.41) is 2.89. The van der Waals surface area contributed by atoms with Crippen molar-refractivity contribution in [2.45, 2.75) is 13.0 Å². The van der Waals surface area contributed by atoms with Crippen LogP contribution in [0.3, 0.4) is 0 Å². The molecular weight excluding hydrogens is 238 g/mol. The van der Waals surface area contributed by atoms with Crippen molar-refractivity contribution in [2.75, 3.05) is 17.3 Å². The van der Waals surface area contributed by atoms with E-state index in [0.717, 1.165) is 5.69 Å². The Hall–Kier alpha value is -1.56. The Labute approximate surface area is 102 Å². The highest BCUT2D eigenvalue weighted by molar-refractivity contribution is 7.90. The lowest BCUT2D eigenvalue weighted by molar-refractivity contribution is 0.596. The second-order valence-corrected chi connectivity index (χ2v) is 6.13. The van der Waals surface area contributed by atoms with Crippen molar-refractivity contribution in [1.29, 1.82) is 0 Å². The quantitative estimate of drug-likeness (QED) is 0.617. The lowest BCUT2D eigenvalue weighted by Crippen LogP contribution is -2.26. The summed E-state index contributed by atoms with van der Waals surface area (Å²) in [6.45, 7) is 1.71. The molecule has 1 aromatic carbocycles. The molecule has 5 nitrogen and oxygen atoms in total. The van der Waals surface area contributed by atoms with E-state index < -0.39 is 9.84 Å². The Morgan fingerprint density at radius 2 is 2.00 bits per heavy atom. The van der Waals surface area contributed by atoms with Gasteiger partial charge in [0.1, 0.15) is 9.84 Å². The summed E-state index contributed by atoms with van der Waals surface area (Å²) in [4.78, 5) is 4.06. The van der Waals surface area contributed by atoms with Crippen molar-refractivity contribution in [3.8, 4) is 0 Å². The van der Waals surface area contributed by atoms with E-state index in [1.165, 1.54) is 6.26 Å². The predicted molar refractivity (Wildman–Crippen MR) is 70.9 cm³/mol. The Morgan fingerprint density at radius 1 is 1.41 bits per heavy atom. The normalized spacial score (nSPS) is 14.4. The molecule has 0 aliphatic heterocycles. The van der Waals surface area contributed by atoms with E-state index in [4.69, 9.17) is 5.73 Å². The van der Waals surface area contributed by atoms with Crippen LogP contribution in [0.25, 0.3) is 0 Å². The SMILES string of the molecule is CC(CS(C)(=O)=O)N=C(N)Nc1ccccc1.